The molecule has 0 saturated carbocycles. The smallest absolute Gasteiger partial charge is 0.137 e. The van der Waals surface area contributed by atoms with Gasteiger partial charge in [0.1, 0.15) is 11.2 Å². The maximum absolute atomic E-state index is 6.94. The van der Waals surface area contributed by atoms with Crippen LogP contribution in [0.2, 0.25) is 0 Å². The van der Waals surface area contributed by atoms with Gasteiger partial charge in [-0.1, -0.05) is 149 Å². The van der Waals surface area contributed by atoms with Crippen molar-refractivity contribution in [2.24, 2.45) is 0 Å². The lowest BCUT2D eigenvalue weighted by atomic mass is 9.82. The van der Waals surface area contributed by atoms with Crippen molar-refractivity contribution in [3.8, 4) is 33.4 Å². The zero-order valence-electron chi connectivity index (χ0n) is 33.1. The topological polar surface area (TPSA) is 16.4 Å². The Balaban J connectivity index is 1.06. The van der Waals surface area contributed by atoms with Crippen molar-refractivity contribution < 1.29 is 4.42 Å². The van der Waals surface area contributed by atoms with E-state index < -0.39 is 0 Å². The Hall–Kier alpha value is -6.90. The molecule has 12 rings (SSSR count). The monoisotopic (exact) mass is 743 g/mol. The number of furan rings is 1. The fourth-order valence-corrected chi connectivity index (χ4v) is 10.5. The lowest BCUT2D eigenvalue weighted by molar-refractivity contribution is 0.660. The molecule has 0 saturated heterocycles. The zero-order valence-corrected chi connectivity index (χ0v) is 33.1. The fourth-order valence-electron chi connectivity index (χ4n) is 10.5. The molecule has 2 aliphatic rings. The van der Waals surface area contributed by atoms with Crippen LogP contribution in [0.25, 0.3) is 76.9 Å². The fraction of sp³-hybridized carbons (Fsp3) is 0.107. The van der Waals surface area contributed by atoms with Crippen molar-refractivity contribution in [1.82, 2.24) is 0 Å². The third-order valence-electron chi connectivity index (χ3n) is 13.4. The summed E-state index contributed by atoms with van der Waals surface area (Å²) in [4.78, 5) is 2.43. The number of hydrogen-bond donors (Lipinski definition) is 0. The molecule has 0 radical (unpaired) electrons. The number of nitrogens with zero attached hydrogens (tertiary/aromatic N) is 1. The molecule has 2 aliphatic carbocycles. The largest absolute Gasteiger partial charge is 0.456 e. The first-order valence-corrected chi connectivity index (χ1v) is 20.4. The highest BCUT2D eigenvalue weighted by molar-refractivity contribution is 6.22. The second-order valence-corrected chi connectivity index (χ2v) is 17.3. The second kappa shape index (κ2) is 11.8. The Bertz CT molecular complexity index is 3250. The minimum atomic E-state index is -0.123. The molecule has 0 atom stereocenters. The Morgan fingerprint density at radius 3 is 1.57 bits per heavy atom. The lowest BCUT2D eigenvalue weighted by Crippen LogP contribution is -2.18. The van der Waals surface area contributed by atoms with Gasteiger partial charge in [0.05, 0.1) is 0 Å². The lowest BCUT2D eigenvalue weighted by Gasteiger charge is -2.29. The SMILES string of the molecule is CC1(C)c2ccccc2-c2ccc(N(c3ccc4c(c3)C(C)(C)c3ccccc3-4)c3ccc4c(c3)oc3cc(-c5ccc6ccccc6c5)c5ccccc5c34)cc21. The quantitative estimate of drug-likeness (QED) is 0.178. The maximum Gasteiger partial charge on any atom is 0.137 e. The highest BCUT2D eigenvalue weighted by atomic mass is 16.3. The molecule has 58 heavy (non-hydrogen) atoms. The van der Waals surface area contributed by atoms with Gasteiger partial charge in [-0.3, -0.25) is 0 Å². The summed E-state index contributed by atoms with van der Waals surface area (Å²) in [6.45, 7) is 9.44. The molecule has 2 heteroatoms. The van der Waals surface area contributed by atoms with Gasteiger partial charge in [-0.05, 0) is 126 Å². The molecule has 0 spiro atoms. The summed E-state index contributed by atoms with van der Waals surface area (Å²) in [5.74, 6) is 0. The molecular formula is C56H41NO. The van der Waals surface area contributed by atoms with Crippen LogP contribution >= 0.6 is 0 Å². The van der Waals surface area contributed by atoms with E-state index in [1.54, 1.807) is 0 Å². The Morgan fingerprint density at radius 1 is 0.362 bits per heavy atom. The normalized spacial score (nSPS) is 14.5. The molecule has 276 valence electrons. The molecule has 0 bridgehead atoms. The van der Waals surface area contributed by atoms with Crippen LogP contribution in [-0.4, -0.2) is 0 Å². The summed E-state index contributed by atoms with van der Waals surface area (Å²) < 4.78 is 6.94. The number of anilines is 3. The average molecular weight is 744 g/mol. The molecule has 0 N–H and O–H groups in total. The minimum Gasteiger partial charge on any atom is -0.456 e. The summed E-state index contributed by atoms with van der Waals surface area (Å²) in [6, 6.07) is 65.0. The van der Waals surface area contributed by atoms with Crippen molar-refractivity contribution in [1.29, 1.82) is 0 Å². The van der Waals surface area contributed by atoms with Crippen LogP contribution in [-0.2, 0) is 10.8 Å². The van der Waals surface area contributed by atoms with Gasteiger partial charge in [-0.25, -0.2) is 0 Å². The second-order valence-electron chi connectivity index (χ2n) is 17.3. The summed E-state index contributed by atoms with van der Waals surface area (Å²) in [5, 5.41) is 7.18. The van der Waals surface area contributed by atoms with Crippen LogP contribution in [0.3, 0.4) is 0 Å². The number of hydrogen-bond acceptors (Lipinski definition) is 2. The van der Waals surface area contributed by atoms with Crippen molar-refractivity contribution in [3.05, 3.63) is 198 Å². The van der Waals surface area contributed by atoms with Gasteiger partial charge in [0.25, 0.3) is 0 Å². The molecule has 0 aliphatic heterocycles. The standard InChI is InChI=1S/C56H41NO/c1-55(2)48-19-11-9-16-41(48)43-26-23-37(30-50(43)55)57(38-24-27-44-42-17-10-12-20-49(42)56(3,4)51(44)31-38)39-25-28-46-52(32-39)58-53-33-47(40-15-7-8-18-45(40)54(46)53)36-22-21-34-13-5-6-14-35(34)29-36/h5-33H,1-4H3. The van der Waals surface area contributed by atoms with Crippen LogP contribution in [0.4, 0.5) is 17.1 Å². The molecule has 10 aromatic rings. The van der Waals surface area contributed by atoms with Crippen LogP contribution in [0.1, 0.15) is 49.9 Å². The van der Waals surface area contributed by atoms with Gasteiger partial charge in [0.15, 0.2) is 0 Å². The molecule has 0 unspecified atom stereocenters. The van der Waals surface area contributed by atoms with E-state index in [4.69, 9.17) is 4.42 Å². The van der Waals surface area contributed by atoms with Crippen molar-refractivity contribution >= 4 is 60.5 Å². The van der Waals surface area contributed by atoms with E-state index in [1.807, 2.05) is 0 Å². The number of fused-ring (bicyclic) bond motifs is 12. The van der Waals surface area contributed by atoms with E-state index in [9.17, 15) is 0 Å². The molecule has 0 amide bonds. The summed E-state index contributed by atoms with van der Waals surface area (Å²) in [6.07, 6.45) is 0. The Kier molecular flexibility index (Phi) is 6.78. The Morgan fingerprint density at radius 2 is 0.897 bits per heavy atom. The molecule has 9 aromatic carbocycles. The third-order valence-corrected chi connectivity index (χ3v) is 13.4. The first-order chi connectivity index (χ1) is 28.3. The van der Waals surface area contributed by atoms with Gasteiger partial charge in [0.2, 0.25) is 0 Å². The highest BCUT2D eigenvalue weighted by Crippen LogP contribution is 2.53. The van der Waals surface area contributed by atoms with E-state index in [-0.39, 0.29) is 10.8 Å². The summed E-state index contributed by atoms with van der Waals surface area (Å²) in [7, 11) is 0. The van der Waals surface area contributed by atoms with E-state index in [2.05, 4.69) is 209 Å². The maximum atomic E-state index is 6.94. The molecule has 1 aromatic heterocycles. The van der Waals surface area contributed by atoms with Gasteiger partial charge >= 0.3 is 0 Å². The summed E-state index contributed by atoms with van der Waals surface area (Å²) in [5.41, 5.74) is 18.0. The van der Waals surface area contributed by atoms with Crippen LogP contribution in [0, 0.1) is 0 Å². The zero-order chi connectivity index (χ0) is 38.9. The first kappa shape index (κ1) is 33.3. The Labute approximate surface area is 338 Å². The summed E-state index contributed by atoms with van der Waals surface area (Å²) >= 11 is 0. The molecular weight excluding hydrogens is 703 g/mol. The van der Waals surface area contributed by atoms with E-state index in [0.717, 1.165) is 39.0 Å². The predicted octanol–water partition coefficient (Wildman–Crippen LogP) is 15.6. The predicted molar refractivity (Wildman–Crippen MR) is 244 cm³/mol. The van der Waals surface area contributed by atoms with Gasteiger partial charge in [-0.2, -0.15) is 0 Å². The number of rotatable bonds is 4. The van der Waals surface area contributed by atoms with Crippen LogP contribution < -0.4 is 4.90 Å². The highest BCUT2D eigenvalue weighted by Gasteiger charge is 2.37. The van der Waals surface area contributed by atoms with Crippen LogP contribution in [0.15, 0.2) is 180 Å². The number of benzene rings is 9. The van der Waals surface area contributed by atoms with E-state index in [1.165, 1.54) is 77.2 Å². The molecule has 1 heterocycles. The van der Waals surface area contributed by atoms with Gasteiger partial charge in [0, 0.05) is 44.7 Å². The van der Waals surface area contributed by atoms with Crippen molar-refractivity contribution in [3.63, 3.8) is 0 Å². The molecule has 0 fully saturated rings. The van der Waals surface area contributed by atoms with Crippen molar-refractivity contribution in [2.75, 3.05) is 4.90 Å². The van der Waals surface area contributed by atoms with Gasteiger partial charge in [-0.15, -0.1) is 0 Å². The van der Waals surface area contributed by atoms with E-state index >= 15 is 0 Å². The average Bonchev–Trinajstić information content (AvgIpc) is 3.82. The third kappa shape index (κ3) is 4.60. The first-order valence-electron chi connectivity index (χ1n) is 20.4. The minimum absolute atomic E-state index is 0.123. The van der Waals surface area contributed by atoms with Crippen LogP contribution in [0.5, 0.6) is 0 Å². The van der Waals surface area contributed by atoms with Gasteiger partial charge < -0.3 is 9.32 Å². The van der Waals surface area contributed by atoms with E-state index in [0.29, 0.717) is 0 Å². The van der Waals surface area contributed by atoms with Crippen molar-refractivity contribution in [2.45, 2.75) is 38.5 Å². The molecule has 2 nitrogen and oxygen atoms in total.